The van der Waals surface area contributed by atoms with Crippen LogP contribution in [0, 0.1) is 0 Å². The number of carbonyl (C=O) groups is 1. The number of benzene rings is 2. The minimum absolute atomic E-state index is 0.162. The molecule has 2 aromatic rings. The highest BCUT2D eigenvalue weighted by molar-refractivity contribution is 9.10. The van der Waals surface area contributed by atoms with Gasteiger partial charge >= 0.3 is 0 Å². The molecule has 0 saturated heterocycles. The van der Waals surface area contributed by atoms with Crippen molar-refractivity contribution in [3.63, 3.8) is 0 Å². The highest BCUT2D eigenvalue weighted by Crippen LogP contribution is 2.27. The molecule has 0 unspecified atom stereocenters. The number of amides is 1. The van der Waals surface area contributed by atoms with Crippen molar-refractivity contribution in [1.29, 1.82) is 0 Å². The molecule has 0 bridgehead atoms. The Kier molecular flexibility index (Phi) is 4.29. The largest absolute Gasteiger partial charge is 0.505 e. The number of aryl methyl sites for hydroxylation is 1. The fourth-order valence-corrected chi connectivity index (χ4v) is 2.32. The molecule has 4 nitrogen and oxygen atoms in total. The average Bonchev–Trinajstić information content (AvgIpc) is 2.43. The van der Waals surface area contributed by atoms with Crippen LogP contribution in [0.5, 0.6) is 5.75 Å². The molecular weight excluding hydrogens is 320 g/mol. The standard InChI is InChI=1S/C15H15BrN2O2/c1-2-9-8-10(16)6-7-13(9)18-15(20)11-4-3-5-12(17)14(11)19/h3-8,19H,2,17H2,1H3,(H,18,20). The van der Waals surface area contributed by atoms with Gasteiger partial charge in [-0.25, -0.2) is 0 Å². The Balaban J connectivity index is 2.30. The first-order chi connectivity index (χ1) is 9.52. The lowest BCUT2D eigenvalue weighted by Gasteiger charge is -2.11. The SMILES string of the molecule is CCc1cc(Br)ccc1NC(=O)c1cccc(N)c1O. The summed E-state index contributed by atoms with van der Waals surface area (Å²) in [7, 11) is 0. The van der Waals surface area contributed by atoms with Gasteiger partial charge in [-0.3, -0.25) is 4.79 Å². The van der Waals surface area contributed by atoms with Crippen LogP contribution in [0.1, 0.15) is 22.8 Å². The first kappa shape index (κ1) is 14.4. The molecule has 0 fully saturated rings. The van der Waals surface area contributed by atoms with E-state index >= 15 is 0 Å². The number of rotatable bonds is 3. The van der Waals surface area contributed by atoms with Crippen LogP contribution in [0.3, 0.4) is 0 Å². The summed E-state index contributed by atoms with van der Waals surface area (Å²) in [6.07, 6.45) is 0.790. The molecule has 0 spiro atoms. The van der Waals surface area contributed by atoms with Gasteiger partial charge in [-0.2, -0.15) is 0 Å². The maximum Gasteiger partial charge on any atom is 0.259 e. The molecule has 0 aliphatic heterocycles. The molecule has 0 heterocycles. The lowest BCUT2D eigenvalue weighted by atomic mass is 10.1. The highest BCUT2D eigenvalue weighted by Gasteiger charge is 2.14. The second-order valence-corrected chi connectivity index (χ2v) is 5.27. The summed E-state index contributed by atoms with van der Waals surface area (Å²) in [5.74, 6) is -0.577. The third-order valence-corrected chi connectivity index (χ3v) is 3.50. The van der Waals surface area contributed by atoms with E-state index in [1.807, 2.05) is 25.1 Å². The third-order valence-electron chi connectivity index (χ3n) is 3.01. The predicted molar refractivity (Wildman–Crippen MR) is 84.0 cm³/mol. The van der Waals surface area contributed by atoms with Crippen LogP contribution in [-0.2, 0) is 6.42 Å². The lowest BCUT2D eigenvalue weighted by Crippen LogP contribution is -2.13. The van der Waals surface area contributed by atoms with E-state index in [4.69, 9.17) is 5.73 Å². The van der Waals surface area contributed by atoms with Gasteiger partial charge in [0, 0.05) is 10.2 Å². The summed E-state index contributed by atoms with van der Waals surface area (Å²) in [4.78, 5) is 12.2. The molecule has 104 valence electrons. The third kappa shape index (κ3) is 2.93. The topological polar surface area (TPSA) is 75.4 Å². The van der Waals surface area contributed by atoms with E-state index < -0.39 is 0 Å². The van der Waals surface area contributed by atoms with Crippen LogP contribution >= 0.6 is 15.9 Å². The Morgan fingerprint density at radius 1 is 1.35 bits per heavy atom. The van der Waals surface area contributed by atoms with E-state index in [9.17, 15) is 9.90 Å². The van der Waals surface area contributed by atoms with Crippen LogP contribution in [0.25, 0.3) is 0 Å². The number of hydrogen-bond donors (Lipinski definition) is 3. The summed E-state index contributed by atoms with van der Waals surface area (Å²) in [5, 5.41) is 12.6. The van der Waals surface area contributed by atoms with Crippen molar-refractivity contribution in [2.24, 2.45) is 0 Å². The molecule has 2 rings (SSSR count). The van der Waals surface area contributed by atoms with Gasteiger partial charge in [0.05, 0.1) is 11.3 Å². The minimum atomic E-state index is -0.383. The summed E-state index contributed by atoms with van der Waals surface area (Å²) >= 11 is 3.40. The van der Waals surface area contributed by atoms with Crippen molar-refractivity contribution in [3.8, 4) is 5.75 Å². The van der Waals surface area contributed by atoms with Gasteiger partial charge in [-0.15, -0.1) is 0 Å². The van der Waals surface area contributed by atoms with Gasteiger partial charge in [0.25, 0.3) is 5.91 Å². The van der Waals surface area contributed by atoms with Crippen molar-refractivity contribution in [2.45, 2.75) is 13.3 Å². The van der Waals surface area contributed by atoms with Gasteiger partial charge < -0.3 is 16.2 Å². The first-order valence-corrected chi connectivity index (χ1v) is 6.99. The number of hydrogen-bond acceptors (Lipinski definition) is 3. The minimum Gasteiger partial charge on any atom is -0.505 e. The van der Waals surface area contributed by atoms with E-state index in [0.29, 0.717) is 0 Å². The normalized spacial score (nSPS) is 10.3. The lowest BCUT2D eigenvalue weighted by molar-refractivity contribution is 0.102. The van der Waals surface area contributed by atoms with Gasteiger partial charge in [0.1, 0.15) is 0 Å². The van der Waals surface area contributed by atoms with Crippen molar-refractivity contribution >= 4 is 33.2 Å². The molecule has 2 aromatic carbocycles. The van der Waals surface area contributed by atoms with E-state index in [0.717, 1.165) is 22.1 Å². The number of anilines is 2. The van der Waals surface area contributed by atoms with E-state index in [-0.39, 0.29) is 22.9 Å². The van der Waals surface area contributed by atoms with Crippen molar-refractivity contribution < 1.29 is 9.90 Å². The van der Waals surface area contributed by atoms with Gasteiger partial charge in [-0.05, 0) is 42.3 Å². The van der Waals surface area contributed by atoms with Crippen LogP contribution in [0.2, 0.25) is 0 Å². The maximum atomic E-state index is 12.2. The smallest absolute Gasteiger partial charge is 0.259 e. The summed E-state index contributed by atoms with van der Waals surface area (Å²) < 4.78 is 0.958. The average molecular weight is 335 g/mol. The zero-order valence-electron chi connectivity index (χ0n) is 11.0. The Labute approximate surface area is 125 Å². The molecule has 0 aromatic heterocycles. The Morgan fingerprint density at radius 2 is 2.10 bits per heavy atom. The molecule has 0 radical (unpaired) electrons. The Morgan fingerprint density at radius 3 is 2.80 bits per heavy atom. The number of nitrogen functional groups attached to an aromatic ring is 1. The zero-order chi connectivity index (χ0) is 14.7. The fraction of sp³-hybridized carbons (Fsp3) is 0.133. The molecule has 0 atom stereocenters. The van der Waals surface area contributed by atoms with Crippen LogP contribution in [-0.4, -0.2) is 11.0 Å². The van der Waals surface area contributed by atoms with Crippen molar-refractivity contribution in [3.05, 3.63) is 52.0 Å². The number of nitrogens with one attached hydrogen (secondary N) is 1. The molecular formula is C15H15BrN2O2. The Hall–Kier alpha value is -2.01. The summed E-state index contributed by atoms with van der Waals surface area (Å²) in [6, 6.07) is 10.3. The predicted octanol–water partition coefficient (Wildman–Crippen LogP) is 3.55. The van der Waals surface area contributed by atoms with Crippen molar-refractivity contribution in [1.82, 2.24) is 0 Å². The van der Waals surface area contributed by atoms with Crippen LogP contribution in [0.4, 0.5) is 11.4 Å². The first-order valence-electron chi connectivity index (χ1n) is 6.20. The molecule has 1 amide bonds. The van der Waals surface area contributed by atoms with Gasteiger partial charge in [0.2, 0.25) is 0 Å². The second kappa shape index (κ2) is 5.96. The number of nitrogens with two attached hydrogens (primary N) is 1. The highest BCUT2D eigenvalue weighted by atomic mass is 79.9. The number of halogens is 1. The quantitative estimate of drug-likeness (QED) is 0.593. The van der Waals surface area contributed by atoms with Crippen molar-refractivity contribution in [2.75, 3.05) is 11.1 Å². The maximum absolute atomic E-state index is 12.2. The monoisotopic (exact) mass is 334 g/mol. The van der Waals surface area contributed by atoms with Crippen LogP contribution < -0.4 is 11.1 Å². The molecule has 0 aliphatic carbocycles. The van der Waals surface area contributed by atoms with Crippen LogP contribution in [0.15, 0.2) is 40.9 Å². The molecule has 0 aliphatic rings. The molecule has 20 heavy (non-hydrogen) atoms. The summed E-state index contributed by atoms with van der Waals surface area (Å²) in [5.41, 5.74) is 7.67. The Bertz CT molecular complexity index is 656. The number of phenolic OH excluding ortho intramolecular Hbond substituents is 1. The summed E-state index contributed by atoms with van der Waals surface area (Å²) in [6.45, 7) is 2.01. The van der Waals surface area contributed by atoms with Gasteiger partial charge in [-0.1, -0.05) is 28.9 Å². The fourth-order valence-electron chi connectivity index (χ4n) is 1.91. The number of carbonyl (C=O) groups excluding carboxylic acids is 1. The molecule has 0 saturated carbocycles. The zero-order valence-corrected chi connectivity index (χ0v) is 12.6. The van der Waals surface area contributed by atoms with Gasteiger partial charge in [0.15, 0.2) is 5.75 Å². The number of phenols is 1. The number of aromatic hydroxyl groups is 1. The molecule has 4 N–H and O–H groups in total. The van der Waals surface area contributed by atoms with E-state index in [1.54, 1.807) is 12.1 Å². The van der Waals surface area contributed by atoms with E-state index in [2.05, 4.69) is 21.2 Å². The number of para-hydroxylation sites is 1. The van der Waals surface area contributed by atoms with E-state index in [1.165, 1.54) is 6.07 Å². The molecule has 5 heteroatoms. The second-order valence-electron chi connectivity index (χ2n) is 4.35.